The molecule has 0 aromatic rings. The average molecular weight is 204 g/mol. The van der Waals surface area contributed by atoms with Crippen LogP contribution in [-0.4, -0.2) is 18.9 Å². The zero-order valence-corrected chi connectivity index (χ0v) is 8.74. The van der Waals surface area contributed by atoms with Gasteiger partial charge in [-0.3, -0.25) is 4.89 Å². The number of carbonyl (C=O) groups is 1. The monoisotopic (exact) mass is 204 g/mol. The van der Waals surface area contributed by atoms with Gasteiger partial charge in [0.2, 0.25) is 6.29 Å². The van der Waals surface area contributed by atoms with Crippen molar-refractivity contribution in [2.75, 3.05) is 6.61 Å². The molecule has 0 N–H and O–H groups in total. The molecular formula is C9H16O5. The fourth-order valence-electron chi connectivity index (χ4n) is 0.770. The lowest BCUT2D eigenvalue weighted by Crippen LogP contribution is -2.32. The second kappa shape index (κ2) is 4.72. The second-order valence-corrected chi connectivity index (χ2v) is 3.79. The molecule has 1 fully saturated rings. The van der Waals surface area contributed by atoms with Crippen LogP contribution in [0, 0.1) is 5.41 Å². The minimum absolute atomic E-state index is 0.421. The molecule has 0 aromatic heterocycles. The van der Waals surface area contributed by atoms with Crippen LogP contribution in [-0.2, 0) is 24.3 Å². The Hall–Kier alpha value is -0.650. The van der Waals surface area contributed by atoms with Crippen molar-refractivity contribution in [2.45, 2.75) is 39.9 Å². The Morgan fingerprint density at radius 1 is 1.43 bits per heavy atom. The highest BCUT2D eigenvalue weighted by Crippen LogP contribution is 2.34. The Kier molecular flexibility index (Phi) is 3.86. The Bertz CT molecular complexity index is 197. The smallest absolute Gasteiger partial charge is 0.298 e. The van der Waals surface area contributed by atoms with Crippen LogP contribution in [0.2, 0.25) is 0 Å². The standard InChI is InChI=1S/C9H16O5/c1-4-5-6-11-12-7(10)9(2,3)8-13-14-8/h8H,4-6H2,1-3H3. The minimum atomic E-state index is -0.813. The number of hydrogen-bond acceptors (Lipinski definition) is 5. The van der Waals surface area contributed by atoms with Gasteiger partial charge in [-0.25, -0.2) is 4.79 Å². The first kappa shape index (κ1) is 11.4. The van der Waals surface area contributed by atoms with Crippen LogP contribution in [0.1, 0.15) is 33.6 Å². The lowest BCUT2D eigenvalue weighted by atomic mass is 9.94. The van der Waals surface area contributed by atoms with Crippen LogP contribution in [0.25, 0.3) is 0 Å². The van der Waals surface area contributed by atoms with E-state index in [1.54, 1.807) is 13.8 Å². The van der Waals surface area contributed by atoms with Crippen molar-refractivity contribution in [3.05, 3.63) is 0 Å². The van der Waals surface area contributed by atoms with Gasteiger partial charge < -0.3 is 0 Å². The summed E-state index contributed by atoms with van der Waals surface area (Å²) in [5, 5.41) is 0. The van der Waals surface area contributed by atoms with E-state index in [2.05, 4.69) is 14.7 Å². The molecule has 0 amide bonds. The number of carbonyl (C=O) groups excluding carboxylic acids is 1. The third kappa shape index (κ3) is 2.94. The largest absolute Gasteiger partial charge is 0.353 e. The van der Waals surface area contributed by atoms with E-state index >= 15 is 0 Å². The van der Waals surface area contributed by atoms with Crippen LogP contribution in [0.5, 0.6) is 0 Å². The number of unbranched alkanes of at least 4 members (excludes halogenated alkanes) is 1. The van der Waals surface area contributed by atoms with Crippen molar-refractivity contribution in [2.24, 2.45) is 5.41 Å². The number of rotatable bonds is 6. The van der Waals surface area contributed by atoms with E-state index < -0.39 is 17.7 Å². The zero-order chi connectivity index (χ0) is 10.6. The zero-order valence-electron chi connectivity index (χ0n) is 8.74. The van der Waals surface area contributed by atoms with Crippen LogP contribution in [0.4, 0.5) is 0 Å². The summed E-state index contributed by atoms with van der Waals surface area (Å²) in [6.45, 7) is 5.80. The van der Waals surface area contributed by atoms with Gasteiger partial charge in [0.05, 0.1) is 6.61 Å². The van der Waals surface area contributed by atoms with E-state index in [9.17, 15) is 4.79 Å². The SMILES string of the molecule is CCCCOOC(=O)C(C)(C)C1OO1. The summed E-state index contributed by atoms with van der Waals surface area (Å²) in [6.07, 6.45) is 1.35. The highest BCUT2D eigenvalue weighted by Gasteiger charge is 2.50. The quantitative estimate of drug-likeness (QED) is 0.284. The van der Waals surface area contributed by atoms with Crippen LogP contribution >= 0.6 is 0 Å². The molecule has 0 bridgehead atoms. The summed E-state index contributed by atoms with van der Waals surface area (Å²) in [5.41, 5.74) is -0.813. The lowest BCUT2D eigenvalue weighted by molar-refractivity contribution is -0.281. The minimum Gasteiger partial charge on any atom is -0.298 e. The maximum absolute atomic E-state index is 11.4. The van der Waals surface area contributed by atoms with Gasteiger partial charge in [-0.1, -0.05) is 13.3 Å². The summed E-state index contributed by atoms with van der Waals surface area (Å²) in [6, 6.07) is 0. The van der Waals surface area contributed by atoms with E-state index in [-0.39, 0.29) is 0 Å². The van der Waals surface area contributed by atoms with Crippen molar-refractivity contribution in [1.82, 2.24) is 0 Å². The summed E-state index contributed by atoms with van der Waals surface area (Å²) >= 11 is 0. The predicted octanol–water partition coefficient (Wildman–Crippen LogP) is 1.58. The highest BCUT2D eigenvalue weighted by atomic mass is 17.4. The molecule has 0 atom stereocenters. The molecule has 0 unspecified atom stereocenters. The Morgan fingerprint density at radius 2 is 2.07 bits per heavy atom. The molecule has 1 heterocycles. The Labute approximate surface area is 83.1 Å². The molecule has 14 heavy (non-hydrogen) atoms. The third-order valence-corrected chi connectivity index (χ3v) is 2.02. The first-order valence-electron chi connectivity index (χ1n) is 4.75. The molecule has 5 heteroatoms. The summed E-state index contributed by atoms with van der Waals surface area (Å²) < 4.78 is 0. The summed E-state index contributed by atoms with van der Waals surface area (Å²) in [7, 11) is 0. The molecule has 5 nitrogen and oxygen atoms in total. The molecule has 0 spiro atoms. The van der Waals surface area contributed by atoms with Gasteiger partial charge in [0.1, 0.15) is 5.41 Å². The molecule has 0 aromatic carbocycles. The Balaban J connectivity index is 2.20. The molecule has 1 aliphatic rings. The Morgan fingerprint density at radius 3 is 2.57 bits per heavy atom. The molecule has 0 radical (unpaired) electrons. The van der Waals surface area contributed by atoms with Crippen molar-refractivity contribution in [3.8, 4) is 0 Å². The topological polar surface area (TPSA) is 60.6 Å². The van der Waals surface area contributed by atoms with Crippen molar-refractivity contribution in [1.29, 1.82) is 0 Å². The average Bonchev–Trinajstić information content (AvgIpc) is 2.94. The van der Waals surface area contributed by atoms with E-state index in [1.807, 2.05) is 6.92 Å². The first-order valence-corrected chi connectivity index (χ1v) is 4.75. The van der Waals surface area contributed by atoms with Gasteiger partial charge in [0, 0.05) is 0 Å². The fourth-order valence-corrected chi connectivity index (χ4v) is 0.770. The molecule has 0 aliphatic carbocycles. The van der Waals surface area contributed by atoms with Gasteiger partial charge in [0.15, 0.2) is 0 Å². The summed E-state index contributed by atoms with van der Waals surface area (Å²) in [5.74, 6) is -0.476. The van der Waals surface area contributed by atoms with E-state index in [4.69, 9.17) is 4.89 Å². The number of hydrogen-bond donors (Lipinski definition) is 0. The maximum atomic E-state index is 11.4. The fraction of sp³-hybridized carbons (Fsp3) is 0.889. The van der Waals surface area contributed by atoms with Crippen molar-refractivity contribution < 1.29 is 24.3 Å². The van der Waals surface area contributed by atoms with E-state index in [0.717, 1.165) is 12.8 Å². The normalized spacial score (nSPS) is 16.8. The highest BCUT2D eigenvalue weighted by molar-refractivity contribution is 5.76. The van der Waals surface area contributed by atoms with E-state index in [1.165, 1.54) is 0 Å². The lowest BCUT2D eigenvalue weighted by Gasteiger charge is -2.15. The van der Waals surface area contributed by atoms with Crippen LogP contribution in [0.3, 0.4) is 0 Å². The van der Waals surface area contributed by atoms with Crippen LogP contribution < -0.4 is 0 Å². The van der Waals surface area contributed by atoms with Gasteiger partial charge in [-0.15, -0.1) is 0 Å². The van der Waals surface area contributed by atoms with Gasteiger partial charge >= 0.3 is 5.97 Å². The molecule has 1 saturated heterocycles. The van der Waals surface area contributed by atoms with E-state index in [0.29, 0.717) is 6.61 Å². The first-order chi connectivity index (χ1) is 6.59. The third-order valence-electron chi connectivity index (χ3n) is 2.02. The van der Waals surface area contributed by atoms with Gasteiger partial charge in [0.25, 0.3) is 0 Å². The molecular weight excluding hydrogens is 188 g/mol. The van der Waals surface area contributed by atoms with Crippen molar-refractivity contribution in [3.63, 3.8) is 0 Å². The summed E-state index contributed by atoms with van der Waals surface area (Å²) in [4.78, 5) is 29.9. The molecule has 1 rings (SSSR count). The molecule has 82 valence electrons. The molecule has 0 saturated carbocycles. The molecule has 1 aliphatic heterocycles. The predicted molar refractivity (Wildman–Crippen MR) is 46.7 cm³/mol. The maximum Gasteiger partial charge on any atom is 0.353 e. The van der Waals surface area contributed by atoms with Crippen molar-refractivity contribution >= 4 is 5.97 Å². The van der Waals surface area contributed by atoms with Crippen LogP contribution in [0.15, 0.2) is 0 Å². The van der Waals surface area contributed by atoms with Gasteiger partial charge in [-0.05, 0) is 20.3 Å². The van der Waals surface area contributed by atoms with Gasteiger partial charge in [-0.2, -0.15) is 14.7 Å². The second-order valence-electron chi connectivity index (χ2n) is 3.79.